The third kappa shape index (κ3) is 3.17. The van der Waals surface area contributed by atoms with Gasteiger partial charge in [0.1, 0.15) is 23.1 Å². The third-order valence-corrected chi connectivity index (χ3v) is 2.83. The third-order valence-electron chi connectivity index (χ3n) is 2.83. The second kappa shape index (κ2) is 6.23. The molecule has 0 radical (unpaired) electrons. The van der Waals surface area contributed by atoms with Crippen LogP contribution in [0.5, 0.6) is 17.4 Å². The number of aryl methyl sites for hydroxylation is 1. The van der Waals surface area contributed by atoms with Crippen LogP contribution in [-0.2, 0) is 0 Å². The molecule has 0 unspecified atom stereocenters. The van der Waals surface area contributed by atoms with Crippen LogP contribution in [0.25, 0.3) is 0 Å². The van der Waals surface area contributed by atoms with Crippen molar-refractivity contribution < 1.29 is 9.47 Å². The first-order valence-electron chi connectivity index (χ1n) is 6.55. The van der Waals surface area contributed by atoms with Crippen molar-refractivity contribution >= 4 is 5.82 Å². The minimum absolute atomic E-state index is 0.568. The second-order valence-electron chi connectivity index (χ2n) is 4.36. The highest BCUT2D eigenvalue weighted by atomic mass is 16.5. The van der Waals surface area contributed by atoms with Crippen molar-refractivity contribution in [2.75, 3.05) is 19.0 Å². The number of rotatable bonds is 5. The summed E-state index contributed by atoms with van der Waals surface area (Å²) in [6, 6.07) is 7.40. The molecule has 0 aliphatic carbocycles. The standard InChI is InChI=1S/C15H19N3O2/c1-5-16-14-10(2)15(18-11(3)17-14)20-13-8-6-12(19-4)7-9-13/h6-9H,5H2,1-4H3,(H,16,17,18). The van der Waals surface area contributed by atoms with Crippen molar-refractivity contribution in [3.8, 4) is 17.4 Å². The van der Waals surface area contributed by atoms with E-state index in [2.05, 4.69) is 15.3 Å². The smallest absolute Gasteiger partial charge is 0.227 e. The van der Waals surface area contributed by atoms with Gasteiger partial charge in [-0.3, -0.25) is 0 Å². The van der Waals surface area contributed by atoms with Crippen LogP contribution in [0.1, 0.15) is 18.3 Å². The Morgan fingerprint density at radius 1 is 1.05 bits per heavy atom. The molecule has 1 aromatic carbocycles. The molecule has 2 aromatic rings. The van der Waals surface area contributed by atoms with E-state index >= 15 is 0 Å². The van der Waals surface area contributed by atoms with Crippen molar-refractivity contribution in [2.24, 2.45) is 0 Å². The minimum atomic E-state index is 0.568. The van der Waals surface area contributed by atoms with Gasteiger partial charge in [-0.1, -0.05) is 0 Å². The Bertz CT molecular complexity index is 582. The number of anilines is 1. The fourth-order valence-electron chi connectivity index (χ4n) is 1.80. The van der Waals surface area contributed by atoms with Crippen LogP contribution in [0.2, 0.25) is 0 Å². The van der Waals surface area contributed by atoms with Gasteiger partial charge in [0.15, 0.2) is 0 Å². The molecule has 1 aromatic heterocycles. The quantitative estimate of drug-likeness (QED) is 0.905. The lowest BCUT2D eigenvalue weighted by Crippen LogP contribution is -2.06. The number of benzene rings is 1. The molecule has 5 nitrogen and oxygen atoms in total. The lowest BCUT2D eigenvalue weighted by molar-refractivity contribution is 0.412. The molecule has 5 heteroatoms. The van der Waals surface area contributed by atoms with Gasteiger partial charge in [-0.25, -0.2) is 4.98 Å². The zero-order valence-corrected chi connectivity index (χ0v) is 12.2. The number of hydrogen-bond acceptors (Lipinski definition) is 5. The Labute approximate surface area is 119 Å². The molecular formula is C15H19N3O2. The minimum Gasteiger partial charge on any atom is -0.497 e. The van der Waals surface area contributed by atoms with Crippen molar-refractivity contribution in [3.63, 3.8) is 0 Å². The van der Waals surface area contributed by atoms with Crippen LogP contribution in [0.15, 0.2) is 24.3 Å². The molecule has 2 rings (SSSR count). The van der Waals surface area contributed by atoms with Gasteiger partial charge in [0, 0.05) is 6.54 Å². The zero-order chi connectivity index (χ0) is 14.5. The summed E-state index contributed by atoms with van der Waals surface area (Å²) in [4.78, 5) is 8.72. The molecule has 1 N–H and O–H groups in total. The Hall–Kier alpha value is -2.30. The van der Waals surface area contributed by atoms with E-state index in [0.29, 0.717) is 11.7 Å². The molecule has 0 saturated heterocycles. The van der Waals surface area contributed by atoms with E-state index in [0.717, 1.165) is 29.4 Å². The summed E-state index contributed by atoms with van der Waals surface area (Å²) in [6.07, 6.45) is 0. The van der Waals surface area contributed by atoms with Crippen LogP contribution in [0.4, 0.5) is 5.82 Å². The topological polar surface area (TPSA) is 56.3 Å². The van der Waals surface area contributed by atoms with E-state index in [1.807, 2.05) is 45.0 Å². The van der Waals surface area contributed by atoms with E-state index in [4.69, 9.17) is 9.47 Å². The fraction of sp³-hybridized carbons (Fsp3) is 0.333. The predicted molar refractivity (Wildman–Crippen MR) is 78.7 cm³/mol. The second-order valence-corrected chi connectivity index (χ2v) is 4.36. The van der Waals surface area contributed by atoms with Crippen molar-refractivity contribution in [2.45, 2.75) is 20.8 Å². The number of nitrogens with one attached hydrogen (secondary N) is 1. The lowest BCUT2D eigenvalue weighted by Gasteiger charge is -2.12. The summed E-state index contributed by atoms with van der Waals surface area (Å²) in [7, 11) is 1.64. The van der Waals surface area contributed by atoms with Crippen LogP contribution < -0.4 is 14.8 Å². The molecule has 0 spiro atoms. The maximum atomic E-state index is 5.83. The molecular weight excluding hydrogens is 254 g/mol. The monoisotopic (exact) mass is 273 g/mol. The average molecular weight is 273 g/mol. The Balaban J connectivity index is 2.27. The zero-order valence-electron chi connectivity index (χ0n) is 12.2. The summed E-state index contributed by atoms with van der Waals surface area (Å²) in [6.45, 7) is 6.62. The van der Waals surface area contributed by atoms with Gasteiger partial charge in [0.05, 0.1) is 12.7 Å². The van der Waals surface area contributed by atoms with E-state index < -0.39 is 0 Å². The predicted octanol–water partition coefficient (Wildman–Crippen LogP) is 3.33. The number of aromatic nitrogens is 2. The van der Waals surface area contributed by atoms with Crippen LogP contribution >= 0.6 is 0 Å². The number of ether oxygens (including phenoxy) is 2. The highest BCUT2D eigenvalue weighted by Gasteiger charge is 2.10. The van der Waals surface area contributed by atoms with Crippen LogP contribution in [0.3, 0.4) is 0 Å². The highest BCUT2D eigenvalue weighted by molar-refractivity contribution is 5.49. The summed E-state index contributed by atoms with van der Waals surface area (Å²) in [5, 5.41) is 3.21. The molecule has 0 bridgehead atoms. The largest absolute Gasteiger partial charge is 0.497 e. The van der Waals surface area contributed by atoms with E-state index in [9.17, 15) is 0 Å². The first-order chi connectivity index (χ1) is 9.63. The first-order valence-corrected chi connectivity index (χ1v) is 6.55. The highest BCUT2D eigenvalue weighted by Crippen LogP contribution is 2.28. The SMILES string of the molecule is CCNc1nc(C)nc(Oc2ccc(OC)cc2)c1C. The molecule has 0 aliphatic rings. The van der Waals surface area contributed by atoms with Gasteiger partial charge in [0.25, 0.3) is 0 Å². The maximum absolute atomic E-state index is 5.83. The van der Waals surface area contributed by atoms with E-state index in [-0.39, 0.29) is 0 Å². The van der Waals surface area contributed by atoms with E-state index in [1.165, 1.54) is 0 Å². The normalized spacial score (nSPS) is 10.2. The fourth-order valence-corrected chi connectivity index (χ4v) is 1.80. The first kappa shape index (κ1) is 14.1. The number of hydrogen-bond donors (Lipinski definition) is 1. The summed E-state index contributed by atoms with van der Waals surface area (Å²) in [5.41, 5.74) is 0.897. The molecule has 0 fully saturated rings. The van der Waals surface area contributed by atoms with E-state index in [1.54, 1.807) is 7.11 Å². The van der Waals surface area contributed by atoms with Crippen LogP contribution in [0, 0.1) is 13.8 Å². The van der Waals surface area contributed by atoms with Gasteiger partial charge < -0.3 is 14.8 Å². The molecule has 0 aliphatic heterocycles. The summed E-state index contributed by atoms with van der Waals surface area (Å²) < 4.78 is 11.0. The molecule has 0 atom stereocenters. The summed E-state index contributed by atoms with van der Waals surface area (Å²) in [5.74, 6) is 3.56. The van der Waals surface area contributed by atoms with Gasteiger partial charge in [-0.05, 0) is 45.0 Å². The molecule has 20 heavy (non-hydrogen) atoms. The van der Waals surface area contributed by atoms with Crippen molar-refractivity contribution in [1.82, 2.24) is 9.97 Å². The average Bonchev–Trinajstić information content (AvgIpc) is 2.45. The Morgan fingerprint density at radius 2 is 1.70 bits per heavy atom. The molecule has 0 saturated carbocycles. The molecule has 0 amide bonds. The Morgan fingerprint density at radius 3 is 2.30 bits per heavy atom. The maximum Gasteiger partial charge on any atom is 0.227 e. The molecule has 106 valence electrons. The number of nitrogens with zero attached hydrogens (tertiary/aromatic N) is 2. The summed E-state index contributed by atoms with van der Waals surface area (Å²) >= 11 is 0. The Kier molecular flexibility index (Phi) is 4.40. The van der Waals surface area contributed by atoms with Crippen molar-refractivity contribution in [3.05, 3.63) is 35.7 Å². The number of methoxy groups -OCH3 is 1. The van der Waals surface area contributed by atoms with Gasteiger partial charge >= 0.3 is 0 Å². The van der Waals surface area contributed by atoms with Crippen molar-refractivity contribution in [1.29, 1.82) is 0 Å². The van der Waals surface area contributed by atoms with Gasteiger partial charge in [-0.2, -0.15) is 4.98 Å². The van der Waals surface area contributed by atoms with Gasteiger partial charge in [-0.15, -0.1) is 0 Å². The lowest BCUT2D eigenvalue weighted by atomic mass is 10.3. The molecule has 1 heterocycles. The van der Waals surface area contributed by atoms with Crippen LogP contribution in [-0.4, -0.2) is 23.6 Å². The van der Waals surface area contributed by atoms with Gasteiger partial charge in [0.2, 0.25) is 5.88 Å².